The molecule has 2 amide bonds. The summed E-state index contributed by atoms with van der Waals surface area (Å²) in [5, 5.41) is 4.02. The highest BCUT2D eigenvalue weighted by Crippen LogP contribution is 2.12. The molecule has 2 aromatic carbocycles. The second-order valence-electron chi connectivity index (χ2n) is 6.03. The average Bonchev–Trinajstić information content (AvgIpc) is 2.96. The highest BCUT2D eigenvalue weighted by molar-refractivity contribution is 6.00. The van der Waals surface area contributed by atoms with E-state index in [0.29, 0.717) is 11.1 Å². The second kappa shape index (κ2) is 8.14. The van der Waals surface area contributed by atoms with Gasteiger partial charge in [-0.05, 0) is 44.2 Å². The van der Waals surface area contributed by atoms with Gasteiger partial charge in [-0.3, -0.25) is 19.7 Å². The van der Waals surface area contributed by atoms with E-state index in [1.54, 1.807) is 47.3 Å². The molecular weight excluding hydrogens is 340 g/mol. The molecule has 0 aliphatic heterocycles. The summed E-state index contributed by atoms with van der Waals surface area (Å²) in [7, 11) is 0. The molecule has 0 bridgehead atoms. The van der Waals surface area contributed by atoms with Gasteiger partial charge in [-0.15, -0.1) is 0 Å². The molecule has 0 radical (unpaired) electrons. The standard InChI is InChI=1S/C21H20N4O2/c1-15-13-19(14-22-23-20(26)17-9-5-3-6-10-17)16(2)25(15)24-21(27)18-11-7-4-8-12-18/h3-14H,1-2H3,(H,23,26)(H,24,27)/b22-14-. The number of amides is 2. The third kappa shape index (κ3) is 4.30. The van der Waals surface area contributed by atoms with E-state index >= 15 is 0 Å². The monoisotopic (exact) mass is 360 g/mol. The van der Waals surface area contributed by atoms with Crippen LogP contribution in [-0.4, -0.2) is 22.7 Å². The fraction of sp³-hybridized carbons (Fsp3) is 0.0952. The van der Waals surface area contributed by atoms with E-state index in [0.717, 1.165) is 17.0 Å². The number of aryl methyl sites for hydroxylation is 1. The van der Waals surface area contributed by atoms with Crippen LogP contribution >= 0.6 is 0 Å². The first kappa shape index (κ1) is 18.1. The molecule has 6 heteroatoms. The molecule has 136 valence electrons. The summed E-state index contributed by atoms with van der Waals surface area (Å²) in [6.07, 6.45) is 1.56. The summed E-state index contributed by atoms with van der Waals surface area (Å²) in [5.41, 5.74) is 8.96. The Bertz CT molecular complexity index is 976. The third-order valence-corrected chi connectivity index (χ3v) is 4.13. The SMILES string of the molecule is Cc1cc(/C=N\NC(=O)c2ccccc2)c(C)n1NC(=O)c1ccccc1. The Morgan fingerprint density at radius 2 is 1.44 bits per heavy atom. The van der Waals surface area contributed by atoms with Gasteiger partial charge in [0.05, 0.1) is 6.21 Å². The van der Waals surface area contributed by atoms with Crippen molar-refractivity contribution in [3.63, 3.8) is 0 Å². The maximum atomic E-state index is 12.4. The van der Waals surface area contributed by atoms with Gasteiger partial charge in [0.2, 0.25) is 0 Å². The number of nitrogens with zero attached hydrogens (tertiary/aromatic N) is 2. The number of hydrogen-bond donors (Lipinski definition) is 2. The van der Waals surface area contributed by atoms with Crippen molar-refractivity contribution in [2.45, 2.75) is 13.8 Å². The lowest BCUT2D eigenvalue weighted by Gasteiger charge is -2.11. The lowest BCUT2D eigenvalue weighted by atomic mass is 10.2. The van der Waals surface area contributed by atoms with E-state index in [4.69, 9.17) is 0 Å². The summed E-state index contributed by atoms with van der Waals surface area (Å²) >= 11 is 0. The Hall–Kier alpha value is -3.67. The van der Waals surface area contributed by atoms with E-state index in [1.165, 1.54) is 0 Å². The first-order valence-electron chi connectivity index (χ1n) is 8.50. The van der Waals surface area contributed by atoms with Crippen molar-refractivity contribution < 1.29 is 9.59 Å². The topological polar surface area (TPSA) is 75.5 Å². The predicted octanol–water partition coefficient (Wildman–Crippen LogP) is 3.25. The van der Waals surface area contributed by atoms with Gasteiger partial charge in [0.15, 0.2) is 0 Å². The van der Waals surface area contributed by atoms with Gasteiger partial charge >= 0.3 is 0 Å². The van der Waals surface area contributed by atoms with Gasteiger partial charge in [-0.2, -0.15) is 5.10 Å². The van der Waals surface area contributed by atoms with Crippen LogP contribution in [0.4, 0.5) is 0 Å². The largest absolute Gasteiger partial charge is 0.271 e. The summed E-state index contributed by atoms with van der Waals surface area (Å²) in [4.78, 5) is 24.4. The molecule has 0 aliphatic carbocycles. The Kier molecular flexibility index (Phi) is 5.47. The molecule has 0 saturated carbocycles. The number of carbonyl (C=O) groups excluding carboxylic acids is 2. The minimum Gasteiger partial charge on any atom is -0.267 e. The van der Waals surface area contributed by atoms with Crippen molar-refractivity contribution in [3.05, 3.63) is 94.8 Å². The van der Waals surface area contributed by atoms with Crippen LogP contribution < -0.4 is 10.9 Å². The fourth-order valence-corrected chi connectivity index (χ4v) is 2.66. The van der Waals surface area contributed by atoms with Crippen molar-refractivity contribution in [1.82, 2.24) is 10.1 Å². The zero-order valence-electron chi connectivity index (χ0n) is 15.1. The van der Waals surface area contributed by atoms with E-state index in [2.05, 4.69) is 16.0 Å². The molecule has 0 spiro atoms. The molecule has 3 rings (SSSR count). The van der Waals surface area contributed by atoms with Crippen molar-refractivity contribution >= 4 is 18.0 Å². The maximum absolute atomic E-state index is 12.4. The Balaban J connectivity index is 1.70. The van der Waals surface area contributed by atoms with E-state index in [1.807, 2.05) is 44.2 Å². The van der Waals surface area contributed by atoms with Gasteiger partial charge in [0, 0.05) is 28.1 Å². The number of benzene rings is 2. The van der Waals surface area contributed by atoms with Crippen LogP contribution in [0, 0.1) is 13.8 Å². The smallest absolute Gasteiger partial charge is 0.267 e. The van der Waals surface area contributed by atoms with E-state index < -0.39 is 0 Å². The quantitative estimate of drug-likeness (QED) is 0.541. The lowest BCUT2D eigenvalue weighted by Crippen LogP contribution is -2.24. The van der Waals surface area contributed by atoms with Crippen molar-refractivity contribution in [2.75, 3.05) is 5.43 Å². The van der Waals surface area contributed by atoms with Crippen molar-refractivity contribution in [1.29, 1.82) is 0 Å². The summed E-state index contributed by atoms with van der Waals surface area (Å²) < 4.78 is 1.70. The number of aromatic nitrogens is 1. The van der Waals surface area contributed by atoms with Gasteiger partial charge in [0.25, 0.3) is 11.8 Å². The third-order valence-electron chi connectivity index (χ3n) is 4.13. The summed E-state index contributed by atoms with van der Waals surface area (Å²) in [6.45, 7) is 3.76. The van der Waals surface area contributed by atoms with Crippen LogP contribution in [0.1, 0.15) is 37.7 Å². The van der Waals surface area contributed by atoms with Gasteiger partial charge in [0.1, 0.15) is 0 Å². The molecule has 0 fully saturated rings. The molecule has 0 atom stereocenters. The Morgan fingerprint density at radius 1 is 0.889 bits per heavy atom. The molecule has 0 aliphatic rings. The fourth-order valence-electron chi connectivity index (χ4n) is 2.66. The minimum atomic E-state index is -0.280. The molecular formula is C21H20N4O2. The number of hydrogen-bond acceptors (Lipinski definition) is 3. The van der Waals surface area contributed by atoms with Crippen molar-refractivity contribution in [3.8, 4) is 0 Å². The summed E-state index contributed by atoms with van der Waals surface area (Å²) in [6, 6.07) is 19.8. The second-order valence-corrected chi connectivity index (χ2v) is 6.03. The predicted molar refractivity (Wildman–Crippen MR) is 106 cm³/mol. The Labute approximate surface area is 157 Å². The molecule has 1 aromatic heterocycles. The molecule has 0 saturated heterocycles. The highest BCUT2D eigenvalue weighted by Gasteiger charge is 2.11. The molecule has 3 aromatic rings. The van der Waals surface area contributed by atoms with Crippen LogP contribution in [0.3, 0.4) is 0 Å². The molecule has 27 heavy (non-hydrogen) atoms. The zero-order valence-corrected chi connectivity index (χ0v) is 15.1. The van der Waals surface area contributed by atoms with Crippen LogP contribution in [0.5, 0.6) is 0 Å². The van der Waals surface area contributed by atoms with Crippen LogP contribution in [0.15, 0.2) is 71.8 Å². The van der Waals surface area contributed by atoms with E-state index in [9.17, 15) is 9.59 Å². The first-order chi connectivity index (χ1) is 13.1. The molecule has 0 unspecified atom stereocenters. The lowest BCUT2D eigenvalue weighted by molar-refractivity contribution is 0.0954. The van der Waals surface area contributed by atoms with Gasteiger partial charge < -0.3 is 0 Å². The molecule has 1 heterocycles. The molecule has 2 N–H and O–H groups in total. The number of hydrazone groups is 1. The Morgan fingerprint density at radius 3 is 2.04 bits per heavy atom. The highest BCUT2D eigenvalue weighted by atomic mass is 16.2. The van der Waals surface area contributed by atoms with E-state index in [-0.39, 0.29) is 11.8 Å². The van der Waals surface area contributed by atoms with Crippen LogP contribution in [0.2, 0.25) is 0 Å². The van der Waals surface area contributed by atoms with Gasteiger partial charge in [-0.1, -0.05) is 36.4 Å². The van der Waals surface area contributed by atoms with Crippen LogP contribution in [-0.2, 0) is 0 Å². The minimum absolute atomic E-state index is 0.196. The average molecular weight is 360 g/mol. The van der Waals surface area contributed by atoms with Gasteiger partial charge in [-0.25, -0.2) is 5.43 Å². The normalized spacial score (nSPS) is 10.7. The maximum Gasteiger partial charge on any atom is 0.271 e. The number of rotatable bonds is 5. The number of carbonyl (C=O) groups is 2. The number of nitrogens with one attached hydrogen (secondary N) is 2. The molecule has 6 nitrogen and oxygen atoms in total. The zero-order chi connectivity index (χ0) is 19.2. The first-order valence-corrected chi connectivity index (χ1v) is 8.50. The van der Waals surface area contributed by atoms with Crippen molar-refractivity contribution in [2.24, 2.45) is 5.10 Å². The van der Waals surface area contributed by atoms with Crippen LogP contribution in [0.25, 0.3) is 0 Å². The summed E-state index contributed by atoms with van der Waals surface area (Å²) in [5.74, 6) is -0.476.